The van der Waals surface area contributed by atoms with Crippen LogP contribution >= 0.6 is 12.2 Å². The van der Waals surface area contributed by atoms with Crippen LogP contribution in [-0.4, -0.2) is 98.8 Å². The lowest BCUT2D eigenvalue weighted by molar-refractivity contribution is -0.258. The largest absolute Gasteiger partial charge is 0.421 e. The maximum absolute atomic E-state index is 13.6. The second kappa shape index (κ2) is 12.4. The molecule has 1 saturated heterocycles. The van der Waals surface area contributed by atoms with Gasteiger partial charge in [0, 0.05) is 63.8 Å². The predicted octanol–water partition coefficient (Wildman–Crippen LogP) is 3.25. The van der Waals surface area contributed by atoms with Crippen LogP contribution in [0.25, 0.3) is 0 Å². The SMILES string of the molecule is CC(C)CN(C[C@H]1CN(S(=O)(=O)C2=CC=CCC2=S)CCN1c1ccc([C@](C)(O)C(F)(F)F)cc1)S(=O)(=O)N(C)C. The summed E-state index contributed by atoms with van der Waals surface area (Å²) in [6.07, 6.45) is 0.272. The number of hydrogen-bond acceptors (Lipinski definition) is 7. The number of aliphatic hydroxyl groups is 1. The van der Waals surface area contributed by atoms with Crippen LogP contribution in [0.1, 0.15) is 32.8 Å². The van der Waals surface area contributed by atoms with Crippen LogP contribution in [0.4, 0.5) is 18.9 Å². The lowest BCUT2D eigenvalue weighted by Crippen LogP contribution is -2.60. The van der Waals surface area contributed by atoms with Crippen molar-refractivity contribution in [2.45, 2.75) is 45.0 Å². The third kappa shape index (κ3) is 7.20. The number of thiocarbonyl (C=S) groups is 1. The highest BCUT2D eigenvalue weighted by Crippen LogP contribution is 2.39. The molecular weight excluding hydrogens is 602 g/mol. The third-order valence-corrected chi connectivity index (χ3v) is 11.4. The molecule has 9 nitrogen and oxygen atoms in total. The summed E-state index contributed by atoms with van der Waals surface area (Å²) < 4.78 is 97.5. The third-order valence-electron chi connectivity index (χ3n) is 7.11. The number of hydrogen-bond donors (Lipinski definition) is 1. The number of nitrogens with zero attached hydrogens (tertiary/aromatic N) is 4. The lowest BCUT2D eigenvalue weighted by atomic mass is 9.95. The van der Waals surface area contributed by atoms with Gasteiger partial charge in [-0.1, -0.05) is 50.4 Å². The summed E-state index contributed by atoms with van der Waals surface area (Å²) in [5.41, 5.74) is -2.95. The van der Waals surface area contributed by atoms with E-state index in [1.54, 1.807) is 17.1 Å². The van der Waals surface area contributed by atoms with Crippen LogP contribution in [0.2, 0.25) is 0 Å². The van der Waals surface area contributed by atoms with Gasteiger partial charge < -0.3 is 10.0 Å². The molecule has 2 atom stereocenters. The number of anilines is 1. The van der Waals surface area contributed by atoms with Gasteiger partial charge in [0.05, 0.1) is 10.9 Å². The molecule has 0 radical (unpaired) electrons. The highest BCUT2D eigenvalue weighted by Gasteiger charge is 2.51. The number of halogens is 3. The smallest absolute Gasteiger partial charge is 0.376 e. The van der Waals surface area contributed by atoms with Gasteiger partial charge in [-0.3, -0.25) is 0 Å². The van der Waals surface area contributed by atoms with Crippen molar-refractivity contribution in [2.24, 2.45) is 5.92 Å². The number of allylic oxidation sites excluding steroid dienone is 4. The molecule has 0 amide bonds. The molecule has 0 unspecified atom stereocenters. The van der Waals surface area contributed by atoms with Crippen molar-refractivity contribution in [3.05, 3.63) is 53.0 Å². The molecule has 0 saturated carbocycles. The van der Waals surface area contributed by atoms with Crippen molar-refractivity contribution in [3.8, 4) is 0 Å². The number of sulfonamides is 1. The van der Waals surface area contributed by atoms with E-state index in [9.17, 15) is 35.1 Å². The van der Waals surface area contributed by atoms with Gasteiger partial charge in [-0.25, -0.2) is 8.42 Å². The molecule has 3 rings (SSSR count). The van der Waals surface area contributed by atoms with Crippen LogP contribution in [0.5, 0.6) is 0 Å². The Morgan fingerprint density at radius 1 is 1.10 bits per heavy atom. The summed E-state index contributed by atoms with van der Waals surface area (Å²) in [4.78, 5) is 2.11. The quantitative estimate of drug-likeness (QED) is 0.393. The highest BCUT2D eigenvalue weighted by molar-refractivity contribution is 7.96. The van der Waals surface area contributed by atoms with Gasteiger partial charge in [-0.05, 0) is 36.6 Å². The van der Waals surface area contributed by atoms with E-state index >= 15 is 0 Å². The van der Waals surface area contributed by atoms with E-state index in [1.807, 2.05) is 13.8 Å². The first-order chi connectivity index (χ1) is 18.8. The second-order valence-corrected chi connectivity index (χ2v) is 15.5. The normalized spacial score (nSPS) is 21.1. The highest BCUT2D eigenvalue weighted by atomic mass is 32.2. The zero-order chi connectivity index (χ0) is 31.0. The van der Waals surface area contributed by atoms with E-state index in [0.29, 0.717) is 19.0 Å². The van der Waals surface area contributed by atoms with E-state index in [1.165, 1.54) is 53.0 Å². The molecule has 1 aromatic rings. The molecule has 230 valence electrons. The van der Waals surface area contributed by atoms with Gasteiger partial charge in [-0.2, -0.15) is 34.5 Å². The summed E-state index contributed by atoms with van der Waals surface area (Å²) >= 11 is 5.31. The van der Waals surface area contributed by atoms with E-state index in [4.69, 9.17) is 12.2 Å². The monoisotopic (exact) mass is 638 g/mol. The van der Waals surface area contributed by atoms with Gasteiger partial charge >= 0.3 is 6.18 Å². The lowest BCUT2D eigenvalue weighted by Gasteiger charge is -2.44. The van der Waals surface area contributed by atoms with Gasteiger partial charge in [0.1, 0.15) is 0 Å². The Labute approximate surface area is 246 Å². The second-order valence-electron chi connectivity index (χ2n) is 10.9. The molecule has 41 heavy (non-hydrogen) atoms. The van der Waals surface area contributed by atoms with Gasteiger partial charge in [-0.15, -0.1) is 0 Å². The zero-order valence-corrected chi connectivity index (χ0v) is 26.1. The predicted molar refractivity (Wildman–Crippen MR) is 157 cm³/mol. The molecule has 1 aliphatic carbocycles. The Hall–Kier alpha value is -1.88. The van der Waals surface area contributed by atoms with Crippen LogP contribution in [0.15, 0.2) is 47.4 Å². The number of piperazine rings is 1. The number of rotatable bonds is 10. The molecule has 1 aromatic carbocycles. The molecule has 1 fully saturated rings. The van der Waals surface area contributed by atoms with E-state index < -0.39 is 38.1 Å². The fourth-order valence-electron chi connectivity index (χ4n) is 4.71. The summed E-state index contributed by atoms with van der Waals surface area (Å²) in [5.74, 6) is -0.0398. The minimum Gasteiger partial charge on any atom is -0.376 e. The first-order valence-corrected chi connectivity index (χ1v) is 16.3. The minimum absolute atomic E-state index is 0.0286. The zero-order valence-electron chi connectivity index (χ0n) is 23.7. The Morgan fingerprint density at radius 3 is 2.22 bits per heavy atom. The van der Waals surface area contributed by atoms with Crippen molar-refractivity contribution in [3.63, 3.8) is 0 Å². The molecule has 2 aliphatic rings. The molecule has 1 heterocycles. The summed E-state index contributed by atoms with van der Waals surface area (Å²) in [7, 11) is -5.06. The standard InChI is InChI=1S/C26H37F3N4O5S3/c1-19(2)16-32(41(37,38)30(4)5)18-22-17-31(40(35,36)24-9-7-6-8-23(24)39)14-15-33(22)21-12-10-20(11-13-21)25(3,34)26(27,28)29/h6-7,9-13,19,22,34H,8,14-18H2,1-5H3/t22-,25+/m1/s1. The van der Waals surface area contributed by atoms with Crippen LogP contribution in [0.3, 0.4) is 0 Å². The van der Waals surface area contributed by atoms with Gasteiger partial charge in [0.25, 0.3) is 10.2 Å². The van der Waals surface area contributed by atoms with Crippen molar-refractivity contribution < 1.29 is 35.1 Å². The molecule has 0 bridgehead atoms. The number of benzene rings is 1. The maximum atomic E-state index is 13.6. The molecule has 15 heteroatoms. The first kappa shape index (κ1) is 33.6. The topological polar surface area (TPSA) is 101 Å². The fraction of sp³-hybridized carbons (Fsp3) is 0.577. The molecule has 1 aliphatic heterocycles. The van der Waals surface area contributed by atoms with E-state index in [0.717, 1.165) is 4.31 Å². The number of alkyl halides is 3. The summed E-state index contributed by atoms with van der Waals surface area (Å²) in [6.45, 7) is 4.61. The van der Waals surface area contributed by atoms with Crippen LogP contribution in [0, 0.1) is 5.92 Å². The summed E-state index contributed by atoms with van der Waals surface area (Å²) in [6, 6.07) is 4.49. The Bertz CT molecular complexity index is 1390. The minimum atomic E-state index is -4.89. The average Bonchev–Trinajstić information content (AvgIpc) is 2.87. The van der Waals surface area contributed by atoms with Crippen molar-refractivity contribution in [2.75, 3.05) is 51.7 Å². The maximum Gasteiger partial charge on any atom is 0.421 e. The Morgan fingerprint density at radius 2 is 1.71 bits per heavy atom. The molecule has 0 spiro atoms. The van der Waals surface area contributed by atoms with Crippen molar-refractivity contribution in [1.29, 1.82) is 0 Å². The summed E-state index contributed by atoms with van der Waals surface area (Å²) in [5, 5.41) is 10.1. The van der Waals surface area contributed by atoms with Gasteiger partial charge in [0.15, 0.2) is 5.60 Å². The average molecular weight is 639 g/mol. The van der Waals surface area contributed by atoms with Gasteiger partial charge in [0.2, 0.25) is 10.0 Å². The fourth-order valence-corrected chi connectivity index (χ4v) is 8.09. The van der Waals surface area contributed by atoms with Crippen molar-refractivity contribution >= 4 is 43.0 Å². The Balaban J connectivity index is 2.02. The van der Waals surface area contributed by atoms with Crippen LogP contribution < -0.4 is 4.90 Å². The molecule has 0 aromatic heterocycles. The Kier molecular flexibility index (Phi) is 10.2. The van der Waals surface area contributed by atoms with Crippen molar-refractivity contribution in [1.82, 2.24) is 12.9 Å². The first-order valence-electron chi connectivity index (χ1n) is 13.0. The van der Waals surface area contributed by atoms with Crippen LogP contribution in [-0.2, 0) is 25.8 Å². The van der Waals surface area contributed by atoms with E-state index in [-0.39, 0.29) is 54.0 Å². The van der Waals surface area contributed by atoms with E-state index in [2.05, 4.69) is 0 Å². The molecular formula is C26H37F3N4O5S3. The molecule has 1 N–H and O–H groups in total.